The van der Waals surface area contributed by atoms with Crippen LogP contribution >= 0.6 is 11.3 Å². The number of hydrogen-bond acceptors (Lipinski definition) is 6. The maximum Gasteiger partial charge on any atom is 0.246 e. The highest BCUT2D eigenvalue weighted by Gasteiger charge is 2.37. The first kappa shape index (κ1) is 14.7. The van der Waals surface area contributed by atoms with Crippen LogP contribution in [0.1, 0.15) is 61.4 Å². The van der Waals surface area contributed by atoms with E-state index in [9.17, 15) is 0 Å². The van der Waals surface area contributed by atoms with E-state index in [1.165, 1.54) is 6.42 Å². The first-order valence-electron chi connectivity index (χ1n) is 7.62. The van der Waals surface area contributed by atoms with Crippen molar-refractivity contribution >= 4 is 11.3 Å². The molecule has 2 heterocycles. The second-order valence-electron chi connectivity index (χ2n) is 6.08. The lowest BCUT2D eigenvalue weighted by molar-refractivity contribution is 0.181. The molecule has 0 amide bonds. The molecular formula is C15H22N4OS. The Kier molecular flexibility index (Phi) is 4.08. The minimum Gasteiger partial charge on any atom is -0.337 e. The van der Waals surface area contributed by atoms with Gasteiger partial charge in [-0.3, -0.25) is 0 Å². The monoisotopic (exact) mass is 306 g/mol. The van der Waals surface area contributed by atoms with E-state index in [4.69, 9.17) is 10.3 Å². The Morgan fingerprint density at radius 3 is 2.76 bits per heavy atom. The molecule has 21 heavy (non-hydrogen) atoms. The molecule has 1 aliphatic rings. The van der Waals surface area contributed by atoms with E-state index >= 15 is 0 Å². The van der Waals surface area contributed by atoms with Gasteiger partial charge < -0.3 is 10.3 Å². The molecule has 2 N–H and O–H groups in total. The van der Waals surface area contributed by atoms with Gasteiger partial charge in [0.25, 0.3) is 0 Å². The third-order valence-electron chi connectivity index (χ3n) is 4.44. The van der Waals surface area contributed by atoms with Gasteiger partial charge in [-0.15, -0.1) is 11.3 Å². The molecule has 0 unspecified atom stereocenters. The quantitative estimate of drug-likeness (QED) is 0.938. The molecule has 0 radical (unpaired) electrons. The number of hydrogen-bond donors (Lipinski definition) is 1. The van der Waals surface area contributed by atoms with Crippen molar-refractivity contribution in [1.29, 1.82) is 0 Å². The van der Waals surface area contributed by atoms with Crippen LogP contribution in [-0.4, -0.2) is 15.1 Å². The molecule has 0 bridgehead atoms. The second kappa shape index (κ2) is 5.85. The summed E-state index contributed by atoms with van der Waals surface area (Å²) in [6.45, 7) is 4.23. The second-order valence-corrected chi connectivity index (χ2v) is 7.03. The Morgan fingerprint density at radius 2 is 2.14 bits per heavy atom. The summed E-state index contributed by atoms with van der Waals surface area (Å²) in [4.78, 5) is 8.96. The molecule has 1 fully saturated rings. The van der Waals surface area contributed by atoms with Crippen molar-refractivity contribution in [2.75, 3.05) is 0 Å². The third kappa shape index (κ3) is 3.16. The average Bonchev–Trinajstić information content (AvgIpc) is 3.10. The summed E-state index contributed by atoms with van der Waals surface area (Å²) in [6.07, 6.45) is 6.02. The molecule has 0 aliphatic heterocycles. The van der Waals surface area contributed by atoms with Gasteiger partial charge in [-0.1, -0.05) is 18.5 Å². The van der Waals surface area contributed by atoms with Crippen molar-refractivity contribution in [2.24, 2.45) is 11.7 Å². The van der Waals surface area contributed by atoms with Crippen LogP contribution in [-0.2, 0) is 12.0 Å². The zero-order valence-corrected chi connectivity index (χ0v) is 13.4. The Hall–Kier alpha value is -1.27. The summed E-state index contributed by atoms with van der Waals surface area (Å²) < 4.78 is 5.45. The molecule has 2 aromatic heterocycles. The van der Waals surface area contributed by atoms with Crippen molar-refractivity contribution in [1.82, 2.24) is 15.1 Å². The van der Waals surface area contributed by atoms with Crippen LogP contribution < -0.4 is 5.73 Å². The van der Waals surface area contributed by atoms with Crippen LogP contribution in [0.15, 0.2) is 9.90 Å². The zero-order chi connectivity index (χ0) is 14.9. The highest BCUT2D eigenvalue weighted by Crippen LogP contribution is 2.37. The predicted octanol–water partition coefficient (Wildman–Crippen LogP) is 3.18. The lowest BCUT2D eigenvalue weighted by atomic mass is 9.76. The fourth-order valence-electron chi connectivity index (χ4n) is 2.96. The van der Waals surface area contributed by atoms with Crippen molar-refractivity contribution in [3.63, 3.8) is 0 Å². The van der Waals surface area contributed by atoms with Crippen LogP contribution in [0.2, 0.25) is 0 Å². The first-order chi connectivity index (χ1) is 10.1. The normalized spacial score (nSPS) is 26.1. The maximum atomic E-state index is 6.50. The number of nitrogens with zero attached hydrogens (tertiary/aromatic N) is 3. The van der Waals surface area contributed by atoms with Gasteiger partial charge in [0.05, 0.1) is 12.0 Å². The fourth-order valence-corrected chi connectivity index (χ4v) is 3.73. The summed E-state index contributed by atoms with van der Waals surface area (Å²) >= 11 is 1.63. The first-order valence-corrected chi connectivity index (χ1v) is 8.50. The van der Waals surface area contributed by atoms with E-state index in [0.717, 1.165) is 42.3 Å². The number of nitrogens with two attached hydrogens (primary N) is 1. The number of thiazole rings is 1. The topological polar surface area (TPSA) is 77.8 Å². The van der Waals surface area contributed by atoms with Crippen LogP contribution in [0.3, 0.4) is 0 Å². The SMILES string of the molecule is CCC1CCC(N)(c2nc(Cc3nc(C)cs3)no2)CC1. The number of aromatic nitrogens is 3. The lowest BCUT2D eigenvalue weighted by Crippen LogP contribution is -2.40. The number of aryl methyl sites for hydroxylation is 1. The fraction of sp³-hybridized carbons (Fsp3) is 0.667. The largest absolute Gasteiger partial charge is 0.337 e. The Morgan fingerprint density at radius 1 is 1.38 bits per heavy atom. The molecule has 3 rings (SSSR count). The Labute approximate surface area is 129 Å². The van der Waals surface area contributed by atoms with Gasteiger partial charge >= 0.3 is 0 Å². The van der Waals surface area contributed by atoms with Gasteiger partial charge in [0.1, 0.15) is 5.01 Å². The van der Waals surface area contributed by atoms with Crippen molar-refractivity contribution in [2.45, 2.75) is 57.9 Å². The molecule has 1 saturated carbocycles. The molecule has 0 saturated heterocycles. The maximum absolute atomic E-state index is 6.50. The zero-order valence-electron chi connectivity index (χ0n) is 12.6. The molecule has 114 valence electrons. The standard InChI is InChI=1S/C15H22N4OS/c1-3-11-4-6-15(16,7-5-11)14-18-12(19-20-14)8-13-17-10(2)9-21-13/h9,11H,3-8,16H2,1-2H3. The van der Waals surface area contributed by atoms with Gasteiger partial charge in [0.2, 0.25) is 5.89 Å². The van der Waals surface area contributed by atoms with Gasteiger partial charge in [0, 0.05) is 11.1 Å². The molecular weight excluding hydrogens is 284 g/mol. The lowest BCUT2D eigenvalue weighted by Gasteiger charge is -2.33. The minimum absolute atomic E-state index is 0.435. The summed E-state index contributed by atoms with van der Waals surface area (Å²) in [5.41, 5.74) is 7.10. The van der Waals surface area contributed by atoms with Crippen molar-refractivity contribution in [3.05, 3.63) is 27.8 Å². The molecule has 2 aromatic rings. The van der Waals surface area contributed by atoms with Gasteiger partial charge in [-0.2, -0.15) is 4.98 Å². The Balaban J connectivity index is 1.69. The molecule has 0 aromatic carbocycles. The van der Waals surface area contributed by atoms with Crippen LogP contribution in [0.4, 0.5) is 0 Å². The van der Waals surface area contributed by atoms with Crippen molar-refractivity contribution in [3.8, 4) is 0 Å². The molecule has 0 atom stereocenters. The van der Waals surface area contributed by atoms with Crippen LogP contribution in [0.25, 0.3) is 0 Å². The van der Waals surface area contributed by atoms with Crippen LogP contribution in [0, 0.1) is 12.8 Å². The van der Waals surface area contributed by atoms with Gasteiger partial charge in [-0.25, -0.2) is 4.98 Å². The molecule has 6 heteroatoms. The van der Waals surface area contributed by atoms with E-state index in [1.807, 2.05) is 12.3 Å². The van der Waals surface area contributed by atoms with E-state index in [-0.39, 0.29) is 0 Å². The smallest absolute Gasteiger partial charge is 0.246 e. The Bertz CT molecular complexity index is 598. The van der Waals surface area contributed by atoms with E-state index in [2.05, 4.69) is 22.0 Å². The molecule has 0 spiro atoms. The highest BCUT2D eigenvalue weighted by molar-refractivity contribution is 7.09. The molecule has 5 nitrogen and oxygen atoms in total. The average molecular weight is 306 g/mol. The summed E-state index contributed by atoms with van der Waals surface area (Å²) in [5.74, 6) is 2.07. The van der Waals surface area contributed by atoms with Crippen molar-refractivity contribution < 1.29 is 4.52 Å². The summed E-state index contributed by atoms with van der Waals surface area (Å²) in [7, 11) is 0. The van der Waals surface area contributed by atoms with E-state index in [1.54, 1.807) is 11.3 Å². The third-order valence-corrected chi connectivity index (χ3v) is 5.41. The molecule has 1 aliphatic carbocycles. The predicted molar refractivity (Wildman–Crippen MR) is 82.1 cm³/mol. The van der Waals surface area contributed by atoms with E-state index in [0.29, 0.717) is 18.1 Å². The minimum atomic E-state index is -0.435. The summed E-state index contributed by atoms with van der Waals surface area (Å²) in [6, 6.07) is 0. The van der Waals surface area contributed by atoms with Gasteiger partial charge in [-0.05, 0) is 38.5 Å². The number of rotatable bonds is 4. The van der Waals surface area contributed by atoms with Crippen LogP contribution in [0.5, 0.6) is 0 Å². The van der Waals surface area contributed by atoms with E-state index < -0.39 is 5.54 Å². The van der Waals surface area contributed by atoms with Gasteiger partial charge in [0.15, 0.2) is 5.82 Å². The summed E-state index contributed by atoms with van der Waals surface area (Å²) in [5, 5.41) is 7.13. The highest BCUT2D eigenvalue weighted by atomic mass is 32.1.